The first-order valence-corrected chi connectivity index (χ1v) is 15.8. The molecule has 0 saturated carbocycles. The van der Waals surface area contributed by atoms with E-state index in [1.165, 1.54) is 10.7 Å². The molecule has 0 radical (unpaired) electrons. The van der Waals surface area contributed by atoms with Crippen LogP contribution in [0.15, 0.2) is 102 Å². The number of nitrogens with zero attached hydrogens (tertiary/aromatic N) is 2. The number of pyridine rings is 2. The highest BCUT2D eigenvalue weighted by molar-refractivity contribution is 6.08. The molecule has 0 spiro atoms. The van der Waals surface area contributed by atoms with Gasteiger partial charge in [-0.1, -0.05) is 18.2 Å². The molecule has 3 heterocycles. The van der Waals surface area contributed by atoms with Crippen molar-refractivity contribution in [3.63, 3.8) is 0 Å². The van der Waals surface area contributed by atoms with Crippen molar-refractivity contribution in [2.75, 3.05) is 12.0 Å². The Kier molecular flexibility index (Phi) is 7.85. The summed E-state index contributed by atoms with van der Waals surface area (Å²) in [5.41, 5.74) is 7.75. The molecule has 1 aliphatic rings. The molecule has 2 aromatic heterocycles. The van der Waals surface area contributed by atoms with Crippen LogP contribution in [0.4, 0.5) is 5.69 Å². The minimum absolute atomic E-state index is 0.283. The molecule has 0 saturated heterocycles. The van der Waals surface area contributed by atoms with Gasteiger partial charge in [0.15, 0.2) is 6.10 Å². The average molecular weight is 642 g/mol. The molecule has 0 amide bonds. The number of hydrogen-bond donors (Lipinski definition) is 2. The number of aliphatic carboxylic acids is 1. The van der Waals surface area contributed by atoms with Crippen molar-refractivity contribution < 1.29 is 24.1 Å². The Balaban J connectivity index is 1.43. The summed E-state index contributed by atoms with van der Waals surface area (Å²) in [4.78, 5) is 31.2. The Bertz CT molecular complexity index is 2230. The largest absolute Gasteiger partial charge is 0.493 e. The number of hydrogen-bond acceptors (Lipinski definition) is 7. The van der Waals surface area contributed by atoms with Crippen LogP contribution in [0.5, 0.6) is 17.2 Å². The van der Waals surface area contributed by atoms with Crippen LogP contribution in [0.1, 0.15) is 43.6 Å². The van der Waals surface area contributed by atoms with Crippen molar-refractivity contribution in [2.24, 2.45) is 0 Å². The lowest BCUT2D eigenvalue weighted by Crippen LogP contribution is -2.29. The molecular formula is C39H35N3O6. The first-order chi connectivity index (χ1) is 23.1. The Hall–Kier alpha value is -5.67. The third kappa shape index (κ3) is 5.84. The number of rotatable bonds is 8. The number of aryl methyl sites for hydroxylation is 1. The summed E-state index contributed by atoms with van der Waals surface area (Å²) in [6, 6.07) is 27.7. The Morgan fingerprint density at radius 1 is 0.979 bits per heavy atom. The topological polar surface area (TPSA) is 112 Å². The predicted molar refractivity (Wildman–Crippen MR) is 186 cm³/mol. The lowest BCUT2D eigenvalue weighted by Gasteiger charge is -2.29. The van der Waals surface area contributed by atoms with Crippen molar-refractivity contribution in [1.82, 2.24) is 9.66 Å². The van der Waals surface area contributed by atoms with Gasteiger partial charge in [0.2, 0.25) is 0 Å². The van der Waals surface area contributed by atoms with E-state index in [1.807, 2.05) is 107 Å². The van der Waals surface area contributed by atoms with Gasteiger partial charge < -0.3 is 19.3 Å². The second-order valence-corrected chi connectivity index (χ2v) is 12.8. The SMILES string of the molecule is Cc1cc2c(ccc(=O)n2Nc2ccc(Oc3ccccc3)cc2)c(-c2ccc3c4c(ccnc24)CCO3)c1[C@H](OC(C)(C)C)C(=O)O. The molecule has 9 nitrogen and oxygen atoms in total. The summed E-state index contributed by atoms with van der Waals surface area (Å²) < 4.78 is 19.6. The van der Waals surface area contributed by atoms with E-state index < -0.39 is 17.7 Å². The van der Waals surface area contributed by atoms with Gasteiger partial charge >= 0.3 is 5.97 Å². The van der Waals surface area contributed by atoms with Crippen LogP contribution in [0.2, 0.25) is 0 Å². The first-order valence-electron chi connectivity index (χ1n) is 15.8. The van der Waals surface area contributed by atoms with Crippen molar-refractivity contribution in [2.45, 2.75) is 45.8 Å². The van der Waals surface area contributed by atoms with E-state index in [0.717, 1.165) is 34.4 Å². The van der Waals surface area contributed by atoms with E-state index in [2.05, 4.69) is 5.43 Å². The van der Waals surface area contributed by atoms with Crippen LogP contribution < -0.4 is 20.5 Å². The van der Waals surface area contributed by atoms with Gasteiger partial charge in [0, 0.05) is 40.6 Å². The maximum absolute atomic E-state index is 13.5. The summed E-state index contributed by atoms with van der Waals surface area (Å²) in [6.45, 7) is 7.91. The van der Waals surface area contributed by atoms with Crippen LogP contribution in [0.25, 0.3) is 32.9 Å². The lowest BCUT2D eigenvalue weighted by molar-refractivity contribution is -0.160. The Morgan fingerprint density at radius 3 is 2.46 bits per heavy atom. The number of nitrogens with one attached hydrogen (secondary N) is 1. The minimum atomic E-state index is -1.29. The Labute approximate surface area is 277 Å². The molecule has 9 heteroatoms. The fourth-order valence-corrected chi connectivity index (χ4v) is 6.32. The summed E-state index contributed by atoms with van der Waals surface area (Å²) in [5.74, 6) is 0.993. The van der Waals surface area contributed by atoms with Crippen LogP contribution in [-0.4, -0.2) is 32.9 Å². The van der Waals surface area contributed by atoms with Crippen molar-refractivity contribution >= 4 is 33.5 Å². The molecule has 48 heavy (non-hydrogen) atoms. The quantitative estimate of drug-likeness (QED) is 0.172. The number of carbonyl (C=O) groups is 1. The van der Waals surface area contributed by atoms with Gasteiger partial charge in [0.05, 0.1) is 28.9 Å². The smallest absolute Gasteiger partial charge is 0.337 e. The number of carboxylic acid groups (broad SMARTS) is 1. The maximum Gasteiger partial charge on any atom is 0.337 e. The average Bonchev–Trinajstić information content (AvgIpc) is 3.06. The number of anilines is 1. The van der Waals surface area contributed by atoms with Gasteiger partial charge in [-0.25, -0.2) is 9.47 Å². The minimum Gasteiger partial charge on any atom is -0.493 e. The monoisotopic (exact) mass is 641 g/mol. The molecule has 0 unspecified atom stereocenters. The van der Waals surface area contributed by atoms with Gasteiger partial charge in [0.1, 0.15) is 17.2 Å². The van der Waals surface area contributed by atoms with E-state index in [0.29, 0.717) is 51.2 Å². The van der Waals surface area contributed by atoms with Crippen molar-refractivity contribution in [1.29, 1.82) is 0 Å². The zero-order valence-electron chi connectivity index (χ0n) is 27.1. The fraction of sp³-hybridized carbons (Fsp3) is 0.205. The third-order valence-electron chi connectivity index (χ3n) is 8.32. The fourth-order valence-electron chi connectivity index (χ4n) is 6.32. The molecule has 4 aromatic carbocycles. The summed E-state index contributed by atoms with van der Waals surface area (Å²) in [7, 11) is 0. The second-order valence-electron chi connectivity index (χ2n) is 12.8. The van der Waals surface area contributed by atoms with Crippen LogP contribution in [0.3, 0.4) is 0 Å². The second kappa shape index (κ2) is 12.2. The number of para-hydroxylation sites is 1. The summed E-state index contributed by atoms with van der Waals surface area (Å²) >= 11 is 0. The van der Waals surface area contributed by atoms with Gasteiger partial charge in [-0.3, -0.25) is 15.2 Å². The zero-order valence-corrected chi connectivity index (χ0v) is 27.1. The molecule has 0 aliphatic carbocycles. The number of benzene rings is 4. The highest BCUT2D eigenvalue weighted by atomic mass is 16.5. The van der Waals surface area contributed by atoms with E-state index in [4.69, 9.17) is 19.2 Å². The van der Waals surface area contributed by atoms with Gasteiger partial charge in [0.25, 0.3) is 5.56 Å². The number of carboxylic acids is 1. The number of fused-ring (bicyclic) bond motifs is 1. The highest BCUT2D eigenvalue weighted by Crippen LogP contribution is 2.45. The van der Waals surface area contributed by atoms with E-state index in [9.17, 15) is 14.7 Å². The number of aromatic nitrogens is 2. The van der Waals surface area contributed by atoms with E-state index >= 15 is 0 Å². The molecule has 1 atom stereocenters. The molecule has 6 aromatic rings. The first kappa shape index (κ1) is 31.0. The summed E-state index contributed by atoms with van der Waals surface area (Å²) in [5, 5.41) is 12.1. The van der Waals surface area contributed by atoms with Crippen LogP contribution in [-0.2, 0) is 16.0 Å². The third-order valence-corrected chi connectivity index (χ3v) is 8.32. The molecule has 242 valence electrons. The molecule has 7 rings (SSSR count). The summed E-state index contributed by atoms with van der Waals surface area (Å²) in [6.07, 6.45) is 1.22. The molecule has 0 bridgehead atoms. The van der Waals surface area contributed by atoms with E-state index in [-0.39, 0.29) is 5.56 Å². The predicted octanol–water partition coefficient (Wildman–Crippen LogP) is 8.07. The van der Waals surface area contributed by atoms with Gasteiger partial charge in [-0.05, 0) is 111 Å². The van der Waals surface area contributed by atoms with Crippen molar-refractivity contribution in [3.8, 4) is 28.4 Å². The zero-order chi connectivity index (χ0) is 33.6. The molecule has 0 fully saturated rings. The normalized spacial score (nSPS) is 13.2. The number of ether oxygens (including phenoxy) is 3. The molecule has 1 aliphatic heterocycles. The molecular weight excluding hydrogens is 606 g/mol. The Morgan fingerprint density at radius 2 is 1.73 bits per heavy atom. The highest BCUT2D eigenvalue weighted by Gasteiger charge is 2.33. The van der Waals surface area contributed by atoms with E-state index in [1.54, 1.807) is 12.3 Å². The lowest BCUT2D eigenvalue weighted by atomic mass is 9.86. The standard InChI is InChI=1S/C39H35N3O6/c1-23-22-30-28(15-17-32(43)42(30)41-25-10-12-27(13-11-25)47-26-8-6-5-7-9-26)35(33(23)37(38(44)45)48-39(2,3)4)29-14-16-31-34-24(19-21-46-31)18-20-40-36(29)34/h5-18,20,22,37,41H,19,21H2,1-4H3,(H,44,45)/t37-/m0/s1. The van der Waals surface area contributed by atoms with Gasteiger partial charge in [-0.15, -0.1) is 0 Å². The van der Waals surface area contributed by atoms with Crippen LogP contribution in [0, 0.1) is 6.92 Å². The van der Waals surface area contributed by atoms with Crippen LogP contribution >= 0.6 is 0 Å². The van der Waals surface area contributed by atoms with Gasteiger partial charge in [-0.2, -0.15) is 0 Å². The van der Waals surface area contributed by atoms with Crippen molar-refractivity contribution in [3.05, 3.63) is 124 Å². The molecule has 2 N–H and O–H groups in total. The maximum atomic E-state index is 13.5.